The van der Waals surface area contributed by atoms with Crippen LogP contribution >= 0.6 is 11.8 Å². The van der Waals surface area contributed by atoms with Gasteiger partial charge in [-0.25, -0.2) is 0 Å². The predicted molar refractivity (Wildman–Crippen MR) is 67.2 cm³/mol. The van der Waals surface area contributed by atoms with E-state index in [1.165, 1.54) is 11.8 Å². The van der Waals surface area contributed by atoms with Crippen molar-refractivity contribution in [3.05, 3.63) is 5.82 Å². The molecule has 0 aliphatic heterocycles. The van der Waals surface area contributed by atoms with E-state index >= 15 is 0 Å². The molecule has 0 atom stereocenters. The maximum Gasteiger partial charge on any atom is 0.313 e. The summed E-state index contributed by atoms with van der Waals surface area (Å²) in [5.41, 5.74) is 0.116. The van der Waals surface area contributed by atoms with Gasteiger partial charge in [-0.3, -0.25) is 4.79 Å². The Kier molecular flexibility index (Phi) is 4.56. The maximum atomic E-state index is 10.6. The monoisotopic (exact) mass is 257 g/mol. The van der Waals surface area contributed by atoms with E-state index in [9.17, 15) is 4.79 Å². The molecule has 1 rings (SSSR count). The summed E-state index contributed by atoms with van der Waals surface area (Å²) in [6.07, 6.45) is 0.802. The highest BCUT2D eigenvalue weighted by Crippen LogP contribution is 2.23. The average Bonchev–Trinajstić information content (AvgIpc) is 2.55. The first-order valence-corrected chi connectivity index (χ1v) is 6.58. The molecule has 0 saturated carbocycles. The molecule has 1 aromatic rings. The number of nitrogens with zero attached hydrogens (tertiary/aromatic N) is 3. The lowest BCUT2D eigenvalue weighted by Crippen LogP contribution is -2.18. The van der Waals surface area contributed by atoms with Gasteiger partial charge < -0.3 is 9.67 Å². The van der Waals surface area contributed by atoms with Crippen molar-refractivity contribution in [1.29, 1.82) is 0 Å². The molecule has 17 heavy (non-hydrogen) atoms. The molecule has 1 N–H and O–H groups in total. The molecular formula is C11H19N3O2S. The standard InChI is InChI=1S/C11H19N3O2S/c1-5-8-12-13-10(17-6-9(15)16)14(8)7-11(2,3)4/h5-7H2,1-4H3,(H,15,16). The summed E-state index contributed by atoms with van der Waals surface area (Å²) in [5.74, 6) is 0.0950. The van der Waals surface area contributed by atoms with Gasteiger partial charge in [-0.15, -0.1) is 10.2 Å². The molecule has 1 aromatic heterocycles. The summed E-state index contributed by atoms with van der Waals surface area (Å²) in [6.45, 7) is 9.23. The van der Waals surface area contributed by atoms with Crippen LogP contribution in [-0.2, 0) is 17.8 Å². The van der Waals surface area contributed by atoms with Gasteiger partial charge in [0.05, 0.1) is 5.75 Å². The minimum Gasteiger partial charge on any atom is -0.481 e. The summed E-state index contributed by atoms with van der Waals surface area (Å²) in [4.78, 5) is 10.6. The maximum absolute atomic E-state index is 10.6. The van der Waals surface area contributed by atoms with Crippen LogP contribution in [0.5, 0.6) is 0 Å². The van der Waals surface area contributed by atoms with E-state index in [1.807, 2.05) is 11.5 Å². The Balaban J connectivity index is 2.89. The molecule has 0 aromatic carbocycles. The fourth-order valence-electron chi connectivity index (χ4n) is 1.45. The van der Waals surface area contributed by atoms with Crippen molar-refractivity contribution in [1.82, 2.24) is 14.8 Å². The molecule has 0 spiro atoms. The zero-order valence-electron chi connectivity index (χ0n) is 10.7. The van der Waals surface area contributed by atoms with Crippen molar-refractivity contribution >= 4 is 17.7 Å². The number of carbonyl (C=O) groups is 1. The third kappa shape index (κ3) is 4.38. The molecule has 0 bridgehead atoms. The molecule has 0 aliphatic rings. The lowest BCUT2D eigenvalue weighted by Gasteiger charge is -2.21. The third-order valence-corrected chi connectivity index (χ3v) is 3.02. The fourth-order valence-corrected chi connectivity index (χ4v) is 2.12. The smallest absolute Gasteiger partial charge is 0.313 e. The molecule has 6 heteroatoms. The molecule has 0 amide bonds. The van der Waals surface area contributed by atoms with Crippen LogP contribution in [0.15, 0.2) is 5.16 Å². The van der Waals surface area contributed by atoms with Gasteiger partial charge in [0, 0.05) is 13.0 Å². The van der Waals surface area contributed by atoms with Crippen LogP contribution < -0.4 is 0 Å². The first-order valence-electron chi connectivity index (χ1n) is 5.60. The van der Waals surface area contributed by atoms with Crippen molar-refractivity contribution < 1.29 is 9.90 Å². The Morgan fingerprint density at radius 1 is 1.41 bits per heavy atom. The van der Waals surface area contributed by atoms with Gasteiger partial charge in [-0.1, -0.05) is 39.5 Å². The summed E-state index contributed by atoms with van der Waals surface area (Å²) < 4.78 is 2.02. The molecule has 0 saturated heterocycles. The number of aliphatic carboxylic acids is 1. The Labute approximate surface area is 106 Å². The quantitative estimate of drug-likeness (QED) is 0.818. The van der Waals surface area contributed by atoms with E-state index in [2.05, 4.69) is 31.0 Å². The van der Waals surface area contributed by atoms with Crippen LogP contribution in [0.4, 0.5) is 0 Å². The molecule has 5 nitrogen and oxygen atoms in total. The van der Waals surface area contributed by atoms with Crippen LogP contribution in [-0.4, -0.2) is 31.6 Å². The van der Waals surface area contributed by atoms with Crippen molar-refractivity contribution in [3.63, 3.8) is 0 Å². The van der Waals surface area contributed by atoms with E-state index in [4.69, 9.17) is 5.11 Å². The predicted octanol–water partition coefficient (Wildman–Crippen LogP) is 2.06. The largest absolute Gasteiger partial charge is 0.481 e. The van der Waals surface area contributed by atoms with E-state index in [0.29, 0.717) is 5.16 Å². The summed E-state index contributed by atoms with van der Waals surface area (Å²) in [7, 11) is 0. The number of aryl methyl sites for hydroxylation is 1. The Hall–Kier alpha value is -1.04. The average molecular weight is 257 g/mol. The van der Waals surface area contributed by atoms with Crippen molar-refractivity contribution in [2.45, 2.75) is 45.8 Å². The van der Waals surface area contributed by atoms with Crippen molar-refractivity contribution in [2.24, 2.45) is 5.41 Å². The molecule has 96 valence electrons. The first-order chi connectivity index (χ1) is 7.83. The van der Waals surface area contributed by atoms with Crippen LogP contribution in [0, 0.1) is 5.41 Å². The van der Waals surface area contributed by atoms with Crippen LogP contribution in [0.3, 0.4) is 0 Å². The Morgan fingerprint density at radius 3 is 2.53 bits per heavy atom. The van der Waals surface area contributed by atoms with Gasteiger partial charge in [-0.05, 0) is 5.41 Å². The molecule has 0 radical (unpaired) electrons. The number of hydrogen-bond acceptors (Lipinski definition) is 4. The SMILES string of the molecule is CCc1nnc(SCC(=O)O)n1CC(C)(C)C. The van der Waals surface area contributed by atoms with Gasteiger partial charge in [-0.2, -0.15) is 0 Å². The van der Waals surface area contributed by atoms with Gasteiger partial charge in [0.25, 0.3) is 0 Å². The molecule has 0 aliphatic carbocycles. The zero-order valence-corrected chi connectivity index (χ0v) is 11.5. The van der Waals surface area contributed by atoms with Crippen LogP contribution in [0.2, 0.25) is 0 Å². The molecule has 0 fully saturated rings. The fraction of sp³-hybridized carbons (Fsp3) is 0.727. The number of carboxylic acids is 1. The Bertz CT molecular complexity index is 396. The minimum atomic E-state index is -0.835. The third-order valence-electron chi connectivity index (χ3n) is 2.07. The van der Waals surface area contributed by atoms with Crippen molar-refractivity contribution in [2.75, 3.05) is 5.75 Å². The number of thioether (sulfide) groups is 1. The topological polar surface area (TPSA) is 68.0 Å². The Morgan fingerprint density at radius 2 is 2.06 bits per heavy atom. The number of rotatable bonds is 5. The highest BCUT2D eigenvalue weighted by Gasteiger charge is 2.18. The first kappa shape index (κ1) is 14.0. The molecular weight excluding hydrogens is 238 g/mol. The number of hydrogen-bond donors (Lipinski definition) is 1. The van der Waals surface area contributed by atoms with E-state index in [-0.39, 0.29) is 11.2 Å². The second-order valence-electron chi connectivity index (χ2n) is 5.08. The number of aromatic nitrogens is 3. The zero-order chi connectivity index (χ0) is 13.1. The van der Waals surface area contributed by atoms with Gasteiger partial charge >= 0.3 is 5.97 Å². The van der Waals surface area contributed by atoms with E-state index in [1.54, 1.807) is 0 Å². The van der Waals surface area contributed by atoms with Gasteiger partial charge in [0.1, 0.15) is 5.82 Å². The number of carboxylic acid groups (broad SMARTS) is 1. The summed E-state index contributed by atoms with van der Waals surface area (Å²) in [5, 5.41) is 17.5. The van der Waals surface area contributed by atoms with Gasteiger partial charge in [0.15, 0.2) is 5.16 Å². The van der Waals surface area contributed by atoms with Gasteiger partial charge in [0.2, 0.25) is 0 Å². The second kappa shape index (κ2) is 5.53. The van der Waals surface area contributed by atoms with E-state index in [0.717, 1.165) is 18.8 Å². The lowest BCUT2D eigenvalue weighted by molar-refractivity contribution is -0.133. The highest BCUT2D eigenvalue weighted by atomic mass is 32.2. The second-order valence-corrected chi connectivity index (χ2v) is 6.02. The van der Waals surface area contributed by atoms with E-state index < -0.39 is 5.97 Å². The summed E-state index contributed by atoms with van der Waals surface area (Å²) >= 11 is 1.22. The highest BCUT2D eigenvalue weighted by molar-refractivity contribution is 7.99. The minimum absolute atomic E-state index is 0.0198. The van der Waals surface area contributed by atoms with Crippen LogP contribution in [0.25, 0.3) is 0 Å². The summed E-state index contributed by atoms with van der Waals surface area (Å²) in [6, 6.07) is 0. The lowest BCUT2D eigenvalue weighted by atomic mass is 9.97. The van der Waals surface area contributed by atoms with Crippen LogP contribution in [0.1, 0.15) is 33.5 Å². The molecule has 1 heterocycles. The normalized spacial score (nSPS) is 11.8. The molecule has 0 unspecified atom stereocenters. The van der Waals surface area contributed by atoms with Crippen molar-refractivity contribution in [3.8, 4) is 0 Å².